The van der Waals surface area contributed by atoms with Crippen LogP contribution in [0, 0.1) is 0 Å². The molecule has 0 atom stereocenters. The Bertz CT molecular complexity index is 683. The molecular formula is C12H13N3O3. The number of piperidine rings is 1. The molecular weight excluding hydrogens is 234 g/mol. The van der Waals surface area contributed by atoms with Crippen LogP contribution in [0.1, 0.15) is 19.3 Å². The highest BCUT2D eigenvalue weighted by molar-refractivity contribution is 5.69. The van der Waals surface area contributed by atoms with Crippen LogP contribution < -0.4 is 16.3 Å². The molecule has 0 radical (unpaired) electrons. The van der Waals surface area contributed by atoms with Crippen molar-refractivity contribution in [1.29, 1.82) is 0 Å². The number of hydrogen-bond donors (Lipinski definition) is 0. The zero-order chi connectivity index (χ0) is 12.5. The molecule has 94 valence electrons. The van der Waals surface area contributed by atoms with Crippen LogP contribution in [-0.2, 0) is 0 Å². The van der Waals surface area contributed by atoms with Crippen LogP contribution in [0.15, 0.2) is 32.3 Å². The normalized spacial score (nSPS) is 16.1. The van der Waals surface area contributed by atoms with Gasteiger partial charge in [-0.3, -0.25) is 4.79 Å². The molecule has 3 rings (SSSR count). The minimum absolute atomic E-state index is 0.197. The van der Waals surface area contributed by atoms with Gasteiger partial charge in [0.1, 0.15) is 0 Å². The summed E-state index contributed by atoms with van der Waals surface area (Å²) in [6, 6.07) is 3.21. The van der Waals surface area contributed by atoms with Gasteiger partial charge in [0.15, 0.2) is 11.1 Å². The molecule has 6 heteroatoms. The van der Waals surface area contributed by atoms with E-state index in [1.165, 1.54) is 6.20 Å². The molecule has 0 aliphatic carbocycles. The quantitative estimate of drug-likeness (QED) is 0.732. The molecule has 0 unspecified atom stereocenters. The monoisotopic (exact) mass is 247 g/mol. The summed E-state index contributed by atoms with van der Waals surface area (Å²) in [7, 11) is 0. The molecule has 1 aliphatic rings. The van der Waals surface area contributed by atoms with Crippen molar-refractivity contribution in [3.05, 3.63) is 39.2 Å². The Labute approximate surface area is 102 Å². The maximum atomic E-state index is 12.2. The number of pyridine rings is 1. The first kappa shape index (κ1) is 11.0. The van der Waals surface area contributed by atoms with Gasteiger partial charge in [0.05, 0.1) is 0 Å². The van der Waals surface area contributed by atoms with Crippen LogP contribution in [0.25, 0.3) is 11.1 Å². The molecule has 2 aromatic heterocycles. The van der Waals surface area contributed by atoms with Gasteiger partial charge in [0.2, 0.25) is 0 Å². The number of hydrogen-bond acceptors (Lipinski definition) is 5. The molecule has 0 aromatic carbocycles. The number of aromatic nitrogens is 2. The molecule has 0 bridgehead atoms. The smallest absolute Gasteiger partial charge is 0.406 e. The summed E-state index contributed by atoms with van der Waals surface area (Å²) in [5, 5.41) is 1.74. The van der Waals surface area contributed by atoms with E-state index in [1.54, 1.807) is 17.1 Å². The Kier molecular flexibility index (Phi) is 2.62. The second kappa shape index (κ2) is 4.29. The summed E-state index contributed by atoms with van der Waals surface area (Å²) in [5.74, 6) is -0.637. The predicted molar refractivity (Wildman–Crippen MR) is 66.3 cm³/mol. The summed E-state index contributed by atoms with van der Waals surface area (Å²) in [6.07, 6.45) is 4.60. The van der Waals surface area contributed by atoms with Crippen LogP contribution >= 0.6 is 0 Å². The van der Waals surface area contributed by atoms with Crippen molar-refractivity contribution in [1.82, 2.24) is 9.66 Å². The Morgan fingerprint density at radius 3 is 2.72 bits per heavy atom. The fraction of sp³-hybridized carbons (Fsp3) is 0.417. The molecule has 18 heavy (non-hydrogen) atoms. The van der Waals surface area contributed by atoms with Crippen LogP contribution in [-0.4, -0.2) is 22.7 Å². The fourth-order valence-corrected chi connectivity index (χ4v) is 2.28. The molecule has 0 N–H and O–H groups in total. The highest BCUT2D eigenvalue weighted by Gasteiger charge is 2.18. The second-order valence-corrected chi connectivity index (χ2v) is 4.35. The van der Waals surface area contributed by atoms with Gasteiger partial charge in [-0.05, 0) is 31.4 Å². The average Bonchev–Trinajstić information content (AvgIpc) is 2.40. The standard InChI is InChI=1S/C12H13N3O3/c16-11-10-9(5-4-6-13-10)18-12(17)15(11)14-7-2-1-3-8-14/h4-6H,1-3,7-8H2. The van der Waals surface area contributed by atoms with Gasteiger partial charge in [0.25, 0.3) is 0 Å². The third-order valence-corrected chi connectivity index (χ3v) is 3.15. The van der Waals surface area contributed by atoms with Crippen LogP contribution in [0.4, 0.5) is 0 Å². The van der Waals surface area contributed by atoms with Gasteiger partial charge in [-0.25, -0.2) is 9.78 Å². The topological polar surface area (TPSA) is 68.3 Å². The molecule has 2 aromatic rings. The Hall–Kier alpha value is -2.11. The molecule has 1 saturated heterocycles. The number of fused-ring (bicyclic) bond motifs is 1. The van der Waals surface area contributed by atoms with Gasteiger partial charge in [-0.2, -0.15) is 0 Å². The molecule has 0 saturated carbocycles. The maximum Gasteiger partial charge on any atom is 0.441 e. The van der Waals surface area contributed by atoms with E-state index in [4.69, 9.17) is 4.42 Å². The summed E-state index contributed by atoms with van der Waals surface area (Å²) >= 11 is 0. The summed E-state index contributed by atoms with van der Waals surface area (Å²) < 4.78 is 6.21. The van der Waals surface area contributed by atoms with Gasteiger partial charge in [-0.1, -0.05) is 0 Å². The minimum Gasteiger partial charge on any atom is -0.406 e. The lowest BCUT2D eigenvalue weighted by molar-refractivity contribution is 0.399. The molecule has 1 fully saturated rings. The minimum atomic E-state index is -0.637. The van der Waals surface area contributed by atoms with Gasteiger partial charge in [0, 0.05) is 19.3 Å². The Morgan fingerprint density at radius 1 is 1.17 bits per heavy atom. The zero-order valence-corrected chi connectivity index (χ0v) is 9.83. The van der Waals surface area contributed by atoms with E-state index in [2.05, 4.69) is 4.98 Å². The van der Waals surface area contributed by atoms with Crippen molar-refractivity contribution in [2.24, 2.45) is 0 Å². The van der Waals surface area contributed by atoms with Crippen LogP contribution in [0.3, 0.4) is 0 Å². The van der Waals surface area contributed by atoms with E-state index in [0.717, 1.165) is 23.9 Å². The molecule has 0 spiro atoms. The lowest BCUT2D eigenvalue weighted by Crippen LogP contribution is -2.51. The van der Waals surface area contributed by atoms with E-state index >= 15 is 0 Å². The van der Waals surface area contributed by atoms with Crippen molar-refractivity contribution in [3.8, 4) is 0 Å². The third kappa shape index (κ3) is 1.70. The Balaban J connectivity index is 2.22. The lowest BCUT2D eigenvalue weighted by Gasteiger charge is -2.28. The van der Waals surface area contributed by atoms with E-state index in [-0.39, 0.29) is 11.1 Å². The molecule has 1 aliphatic heterocycles. The van der Waals surface area contributed by atoms with E-state index in [1.807, 2.05) is 0 Å². The average molecular weight is 247 g/mol. The maximum absolute atomic E-state index is 12.2. The Morgan fingerprint density at radius 2 is 1.94 bits per heavy atom. The van der Waals surface area contributed by atoms with Gasteiger partial charge >= 0.3 is 11.3 Å². The third-order valence-electron chi connectivity index (χ3n) is 3.15. The lowest BCUT2D eigenvalue weighted by atomic mass is 10.2. The van der Waals surface area contributed by atoms with E-state index < -0.39 is 11.3 Å². The highest BCUT2D eigenvalue weighted by atomic mass is 16.4. The summed E-state index contributed by atoms with van der Waals surface area (Å²) in [4.78, 5) is 28.1. The molecule has 6 nitrogen and oxygen atoms in total. The number of rotatable bonds is 1. The van der Waals surface area contributed by atoms with Crippen molar-refractivity contribution in [2.75, 3.05) is 18.1 Å². The fourth-order valence-electron chi connectivity index (χ4n) is 2.28. The molecule has 0 amide bonds. The van der Waals surface area contributed by atoms with Gasteiger partial charge < -0.3 is 9.43 Å². The first-order chi connectivity index (χ1) is 8.77. The summed E-state index contributed by atoms with van der Waals surface area (Å²) in [6.45, 7) is 1.39. The number of nitrogens with zero attached hydrogens (tertiary/aromatic N) is 3. The first-order valence-corrected chi connectivity index (χ1v) is 6.03. The first-order valence-electron chi connectivity index (χ1n) is 6.03. The van der Waals surface area contributed by atoms with Crippen LogP contribution in [0.2, 0.25) is 0 Å². The second-order valence-electron chi connectivity index (χ2n) is 4.35. The zero-order valence-electron chi connectivity index (χ0n) is 9.83. The van der Waals surface area contributed by atoms with Crippen molar-refractivity contribution in [2.45, 2.75) is 19.3 Å². The van der Waals surface area contributed by atoms with E-state index in [9.17, 15) is 9.59 Å². The largest absolute Gasteiger partial charge is 0.441 e. The summed E-state index contributed by atoms with van der Waals surface area (Å²) in [5.41, 5.74) is 0.0344. The highest BCUT2D eigenvalue weighted by Crippen LogP contribution is 2.07. The SMILES string of the molecule is O=c1oc2cccnc2c(=O)n1N1CCCCC1. The molecule has 3 heterocycles. The van der Waals surface area contributed by atoms with Crippen molar-refractivity contribution in [3.63, 3.8) is 0 Å². The van der Waals surface area contributed by atoms with Crippen molar-refractivity contribution >= 4 is 11.1 Å². The van der Waals surface area contributed by atoms with Crippen molar-refractivity contribution < 1.29 is 4.42 Å². The van der Waals surface area contributed by atoms with Gasteiger partial charge in [-0.15, -0.1) is 4.68 Å². The predicted octanol–water partition coefficient (Wildman–Crippen LogP) is 0.472. The van der Waals surface area contributed by atoms with E-state index in [0.29, 0.717) is 13.1 Å². The van der Waals surface area contributed by atoms with Crippen LogP contribution in [0.5, 0.6) is 0 Å².